The summed E-state index contributed by atoms with van der Waals surface area (Å²) in [6, 6.07) is 15.1. The van der Waals surface area contributed by atoms with Gasteiger partial charge in [-0.3, -0.25) is 4.79 Å². The number of alkyl halides is 3. The number of carbonyl (C=O) groups excluding carboxylic acids is 1. The molecule has 0 atom stereocenters. The fourth-order valence-electron chi connectivity index (χ4n) is 2.52. The smallest absolute Gasteiger partial charge is 0.416 e. The third-order valence-electron chi connectivity index (χ3n) is 3.90. The average Bonchev–Trinajstić information content (AvgIpc) is 3.09. The van der Waals surface area contributed by atoms with Gasteiger partial charge in [0.25, 0.3) is 0 Å². The summed E-state index contributed by atoms with van der Waals surface area (Å²) in [6.07, 6.45) is -3.91. The molecule has 0 aliphatic carbocycles. The maximum atomic E-state index is 12.5. The molecule has 0 radical (unpaired) electrons. The van der Waals surface area contributed by atoms with Crippen LogP contribution in [0.3, 0.4) is 0 Å². The zero-order valence-corrected chi connectivity index (χ0v) is 14.8. The number of hydrogen-bond acceptors (Lipinski definition) is 2. The predicted octanol–water partition coefficient (Wildman–Crippen LogP) is 6.19. The summed E-state index contributed by atoms with van der Waals surface area (Å²) in [5.41, 5.74) is 0.312. The zero-order valence-electron chi connectivity index (χ0n) is 14.0. The van der Waals surface area contributed by atoms with E-state index in [9.17, 15) is 18.0 Å². The van der Waals surface area contributed by atoms with E-state index in [1.54, 1.807) is 18.2 Å². The van der Waals surface area contributed by atoms with Gasteiger partial charge in [0.15, 0.2) is 0 Å². The minimum atomic E-state index is -4.40. The van der Waals surface area contributed by atoms with E-state index >= 15 is 0 Å². The van der Waals surface area contributed by atoms with Crippen molar-refractivity contribution in [3.8, 4) is 11.3 Å². The Bertz CT molecular complexity index is 933. The van der Waals surface area contributed by atoms with Gasteiger partial charge in [0, 0.05) is 24.1 Å². The molecule has 3 rings (SSSR count). The largest absolute Gasteiger partial charge is 0.461 e. The third kappa shape index (κ3) is 4.92. The Labute approximate surface area is 158 Å². The molecular formula is C20H15ClF3NO2. The summed E-state index contributed by atoms with van der Waals surface area (Å²) < 4.78 is 43.3. The highest BCUT2D eigenvalue weighted by atomic mass is 35.5. The Morgan fingerprint density at radius 2 is 1.70 bits per heavy atom. The summed E-state index contributed by atoms with van der Waals surface area (Å²) in [4.78, 5) is 12.0. The number of halogens is 4. The molecule has 0 bridgehead atoms. The normalized spacial score (nSPS) is 11.4. The maximum absolute atomic E-state index is 12.5. The number of aryl methyl sites for hydroxylation is 1. The molecule has 0 fully saturated rings. The predicted molar refractivity (Wildman–Crippen MR) is 97.5 cm³/mol. The molecule has 1 N–H and O–H groups in total. The second kappa shape index (κ2) is 7.88. The van der Waals surface area contributed by atoms with Crippen molar-refractivity contribution < 1.29 is 22.4 Å². The number of carbonyl (C=O) groups is 1. The lowest BCUT2D eigenvalue weighted by atomic mass is 10.2. The number of amides is 1. The molecule has 2 aromatic carbocycles. The fourth-order valence-corrected chi connectivity index (χ4v) is 2.75. The van der Waals surface area contributed by atoms with Crippen LogP contribution in [0.5, 0.6) is 0 Å². The van der Waals surface area contributed by atoms with E-state index in [4.69, 9.17) is 16.0 Å². The monoisotopic (exact) mass is 393 g/mol. The number of nitrogens with one attached hydrogen (secondary N) is 1. The Kier molecular flexibility index (Phi) is 5.56. The molecule has 1 heterocycles. The molecular weight excluding hydrogens is 379 g/mol. The van der Waals surface area contributed by atoms with Gasteiger partial charge >= 0.3 is 6.18 Å². The van der Waals surface area contributed by atoms with E-state index in [1.807, 2.05) is 18.2 Å². The van der Waals surface area contributed by atoms with Crippen molar-refractivity contribution in [3.05, 3.63) is 77.0 Å². The van der Waals surface area contributed by atoms with Crippen LogP contribution in [0.2, 0.25) is 5.02 Å². The van der Waals surface area contributed by atoms with Crippen molar-refractivity contribution in [2.45, 2.75) is 19.0 Å². The molecule has 0 saturated carbocycles. The van der Waals surface area contributed by atoms with Gasteiger partial charge in [0.05, 0.1) is 10.6 Å². The summed E-state index contributed by atoms with van der Waals surface area (Å²) in [5.74, 6) is 0.914. The van der Waals surface area contributed by atoms with Crippen LogP contribution >= 0.6 is 11.6 Å². The van der Waals surface area contributed by atoms with E-state index < -0.39 is 11.7 Å². The van der Waals surface area contributed by atoms with Crippen molar-refractivity contribution in [1.29, 1.82) is 0 Å². The van der Waals surface area contributed by atoms with Crippen LogP contribution in [0, 0.1) is 0 Å². The van der Waals surface area contributed by atoms with Gasteiger partial charge in [-0.1, -0.05) is 23.7 Å². The van der Waals surface area contributed by atoms with Crippen molar-refractivity contribution in [2.24, 2.45) is 0 Å². The highest BCUT2D eigenvalue weighted by Gasteiger charge is 2.29. The van der Waals surface area contributed by atoms with Gasteiger partial charge in [-0.05, 0) is 48.5 Å². The topological polar surface area (TPSA) is 42.2 Å². The Balaban J connectivity index is 1.56. The van der Waals surface area contributed by atoms with Gasteiger partial charge in [0.2, 0.25) is 5.91 Å². The first-order valence-electron chi connectivity index (χ1n) is 8.13. The highest BCUT2D eigenvalue weighted by molar-refractivity contribution is 6.33. The number of hydrogen-bond donors (Lipinski definition) is 1. The van der Waals surface area contributed by atoms with Gasteiger partial charge in [-0.15, -0.1) is 0 Å². The molecule has 3 aromatic rings. The number of anilines is 1. The molecule has 3 nitrogen and oxygen atoms in total. The Hall–Kier alpha value is -2.73. The molecule has 27 heavy (non-hydrogen) atoms. The van der Waals surface area contributed by atoms with Gasteiger partial charge < -0.3 is 9.73 Å². The van der Waals surface area contributed by atoms with Crippen LogP contribution in [0.1, 0.15) is 17.7 Å². The Morgan fingerprint density at radius 1 is 1.00 bits per heavy atom. The fraction of sp³-hybridized carbons (Fsp3) is 0.150. The van der Waals surface area contributed by atoms with Gasteiger partial charge in [-0.2, -0.15) is 13.2 Å². The van der Waals surface area contributed by atoms with E-state index in [2.05, 4.69) is 5.32 Å². The molecule has 0 aliphatic rings. The molecule has 0 spiro atoms. The van der Waals surface area contributed by atoms with E-state index in [0.717, 1.165) is 17.7 Å². The highest BCUT2D eigenvalue weighted by Crippen LogP contribution is 2.30. The first-order valence-corrected chi connectivity index (χ1v) is 8.51. The molecule has 140 valence electrons. The van der Waals surface area contributed by atoms with Crippen LogP contribution in [-0.2, 0) is 17.4 Å². The van der Waals surface area contributed by atoms with Crippen LogP contribution in [0.25, 0.3) is 11.3 Å². The number of rotatable bonds is 5. The van der Waals surface area contributed by atoms with Gasteiger partial charge in [-0.25, -0.2) is 0 Å². The molecule has 0 aliphatic heterocycles. The second-order valence-electron chi connectivity index (χ2n) is 5.87. The van der Waals surface area contributed by atoms with Crippen LogP contribution in [-0.4, -0.2) is 5.91 Å². The SMILES string of the molecule is O=C(CCc1ccc(-c2ccccc2Cl)o1)Nc1ccc(C(F)(F)F)cc1. The molecule has 1 amide bonds. The van der Waals surface area contributed by atoms with Crippen molar-refractivity contribution in [3.63, 3.8) is 0 Å². The van der Waals surface area contributed by atoms with Crippen LogP contribution in [0.4, 0.5) is 18.9 Å². The maximum Gasteiger partial charge on any atom is 0.416 e. The number of benzene rings is 2. The zero-order chi connectivity index (χ0) is 19.4. The second-order valence-corrected chi connectivity index (χ2v) is 6.28. The van der Waals surface area contributed by atoms with E-state index in [0.29, 0.717) is 28.7 Å². The first kappa shape index (κ1) is 19.0. The average molecular weight is 394 g/mol. The summed E-state index contributed by atoms with van der Waals surface area (Å²) in [7, 11) is 0. The van der Waals surface area contributed by atoms with Crippen molar-refractivity contribution >= 4 is 23.2 Å². The molecule has 7 heteroatoms. The molecule has 0 saturated heterocycles. The summed E-state index contributed by atoms with van der Waals surface area (Å²) in [5, 5.41) is 3.14. The lowest BCUT2D eigenvalue weighted by molar-refractivity contribution is -0.137. The van der Waals surface area contributed by atoms with Crippen LogP contribution < -0.4 is 5.32 Å². The minimum Gasteiger partial charge on any atom is -0.461 e. The number of furan rings is 1. The molecule has 0 unspecified atom stereocenters. The lowest BCUT2D eigenvalue weighted by Gasteiger charge is -2.08. The van der Waals surface area contributed by atoms with Gasteiger partial charge in [0.1, 0.15) is 11.5 Å². The van der Waals surface area contributed by atoms with E-state index in [-0.39, 0.29) is 12.3 Å². The van der Waals surface area contributed by atoms with Crippen LogP contribution in [0.15, 0.2) is 65.1 Å². The summed E-state index contributed by atoms with van der Waals surface area (Å²) >= 11 is 6.13. The first-order chi connectivity index (χ1) is 12.8. The quantitative estimate of drug-likeness (QED) is 0.561. The van der Waals surface area contributed by atoms with Crippen molar-refractivity contribution in [1.82, 2.24) is 0 Å². The summed E-state index contributed by atoms with van der Waals surface area (Å²) in [6.45, 7) is 0. The molecule has 1 aromatic heterocycles. The minimum absolute atomic E-state index is 0.135. The lowest BCUT2D eigenvalue weighted by Crippen LogP contribution is -2.12. The van der Waals surface area contributed by atoms with E-state index in [1.165, 1.54) is 12.1 Å². The third-order valence-corrected chi connectivity index (χ3v) is 4.23. The standard InChI is InChI=1S/C20H15ClF3NO2/c21-17-4-2-1-3-16(17)18-11-9-15(27-18)10-12-19(26)25-14-7-5-13(6-8-14)20(22,23)24/h1-9,11H,10,12H2,(H,25,26). The Morgan fingerprint density at radius 3 is 2.37 bits per heavy atom. The van der Waals surface area contributed by atoms with Crippen molar-refractivity contribution in [2.75, 3.05) is 5.32 Å².